The Labute approximate surface area is 190 Å². The molecule has 2 aliphatic heterocycles. The van der Waals surface area contributed by atoms with Crippen LogP contribution in [0.1, 0.15) is 53.2 Å². The fraction of sp³-hybridized carbons (Fsp3) is 0.600. The van der Waals surface area contributed by atoms with E-state index in [4.69, 9.17) is 9.72 Å². The lowest BCUT2D eigenvalue weighted by Crippen LogP contribution is -2.48. The van der Waals surface area contributed by atoms with Crippen molar-refractivity contribution in [1.82, 2.24) is 14.8 Å². The van der Waals surface area contributed by atoms with Crippen LogP contribution in [-0.2, 0) is 4.74 Å². The van der Waals surface area contributed by atoms with Crippen molar-refractivity contribution in [3.63, 3.8) is 0 Å². The molecule has 1 aromatic heterocycles. The third kappa shape index (κ3) is 5.18. The lowest BCUT2D eigenvalue weighted by molar-refractivity contribution is -0.0728. The van der Waals surface area contributed by atoms with Crippen molar-refractivity contribution in [2.24, 2.45) is 5.92 Å². The molecule has 0 spiro atoms. The highest BCUT2D eigenvalue weighted by atomic mass is 32.1. The molecule has 3 heterocycles. The van der Waals surface area contributed by atoms with Gasteiger partial charge in [-0.3, -0.25) is 9.69 Å². The predicted octanol–water partition coefficient (Wildman–Crippen LogP) is 4.70. The molecule has 0 bridgehead atoms. The van der Waals surface area contributed by atoms with Crippen molar-refractivity contribution in [3.8, 4) is 10.6 Å². The van der Waals surface area contributed by atoms with E-state index in [0.717, 1.165) is 66.7 Å². The van der Waals surface area contributed by atoms with Crippen molar-refractivity contribution >= 4 is 17.2 Å². The molecule has 2 aliphatic rings. The van der Waals surface area contributed by atoms with Crippen molar-refractivity contribution in [1.29, 1.82) is 0 Å². The van der Waals surface area contributed by atoms with Gasteiger partial charge in [-0.15, -0.1) is 11.3 Å². The average Bonchev–Trinajstić information content (AvgIpc) is 3.08. The van der Waals surface area contributed by atoms with Gasteiger partial charge in [0, 0.05) is 38.3 Å². The zero-order valence-corrected chi connectivity index (χ0v) is 20.3. The highest BCUT2D eigenvalue weighted by Gasteiger charge is 2.29. The molecule has 2 fully saturated rings. The lowest BCUT2D eigenvalue weighted by Gasteiger charge is -2.39. The SMILES string of the molecule is Cc1ccc(-c2nc(C)c(C(=O)N3CCC(CN4CC(C)OC(C)C4)CC3)s2)c(C)c1. The van der Waals surface area contributed by atoms with E-state index in [1.54, 1.807) is 0 Å². The summed E-state index contributed by atoms with van der Waals surface area (Å²) in [6.07, 6.45) is 2.78. The number of nitrogens with zero attached hydrogens (tertiary/aromatic N) is 3. The number of morpholine rings is 1. The Kier molecular flexibility index (Phi) is 6.80. The molecule has 0 N–H and O–H groups in total. The summed E-state index contributed by atoms with van der Waals surface area (Å²) in [5.74, 6) is 0.813. The summed E-state index contributed by atoms with van der Waals surface area (Å²) < 4.78 is 5.86. The van der Waals surface area contributed by atoms with E-state index < -0.39 is 0 Å². The molecule has 5 nitrogen and oxygen atoms in total. The minimum Gasteiger partial charge on any atom is -0.373 e. The molecule has 1 amide bonds. The number of aromatic nitrogens is 1. The summed E-state index contributed by atoms with van der Waals surface area (Å²) in [5, 5.41) is 0.948. The number of rotatable bonds is 4. The van der Waals surface area contributed by atoms with Gasteiger partial charge in [-0.1, -0.05) is 23.8 Å². The van der Waals surface area contributed by atoms with Gasteiger partial charge in [0.05, 0.1) is 17.9 Å². The molecule has 2 atom stereocenters. The molecule has 31 heavy (non-hydrogen) atoms. The van der Waals surface area contributed by atoms with Crippen molar-refractivity contribution in [2.75, 3.05) is 32.7 Å². The summed E-state index contributed by atoms with van der Waals surface area (Å²) in [6, 6.07) is 6.41. The number of benzene rings is 1. The van der Waals surface area contributed by atoms with E-state index in [1.807, 2.05) is 11.8 Å². The van der Waals surface area contributed by atoms with Gasteiger partial charge in [0.25, 0.3) is 5.91 Å². The largest absolute Gasteiger partial charge is 0.373 e. The van der Waals surface area contributed by atoms with Crippen LogP contribution in [0.5, 0.6) is 0 Å². The molecule has 1 aromatic carbocycles. The van der Waals surface area contributed by atoms with Gasteiger partial charge in [0.2, 0.25) is 0 Å². The summed E-state index contributed by atoms with van der Waals surface area (Å²) in [6.45, 7) is 15.3. The van der Waals surface area contributed by atoms with E-state index in [-0.39, 0.29) is 5.91 Å². The van der Waals surface area contributed by atoms with Gasteiger partial charge in [-0.05, 0) is 58.9 Å². The van der Waals surface area contributed by atoms with Crippen LogP contribution in [-0.4, -0.2) is 65.6 Å². The molecule has 4 rings (SSSR count). The summed E-state index contributed by atoms with van der Waals surface area (Å²) in [5.41, 5.74) is 4.43. The lowest BCUT2D eigenvalue weighted by atomic mass is 9.95. The number of ether oxygens (including phenoxy) is 1. The second-order valence-electron chi connectivity index (χ2n) is 9.46. The fourth-order valence-electron chi connectivity index (χ4n) is 5.02. The molecule has 0 radical (unpaired) electrons. The maximum atomic E-state index is 13.3. The predicted molar refractivity (Wildman–Crippen MR) is 127 cm³/mol. The van der Waals surface area contributed by atoms with Gasteiger partial charge in [0.15, 0.2) is 0 Å². The molecular weight excluding hydrogens is 406 g/mol. The molecule has 2 aromatic rings. The number of thiazole rings is 1. The highest BCUT2D eigenvalue weighted by molar-refractivity contribution is 7.17. The molecule has 2 saturated heterocycles. The first-order valence-electron chi connectivity index (χ1n) is 11.5. The molecule has 2 unspecified atom stereocenters. The van der Waals surface area contributed by atoms with Gasteiger partial charge in [-0.25, -0.2) is 4.98 Å². The molecular formula is C25H35N3O2S. The highest BCUT2D eigenvalue weighted by Crippen LogP contribution is 2.32. The van der Waals surface area contributed by atoms with Gasteiger partial charge >= 0.3 is 0 Å². The first-order valence-corrected chi connectivity index (χ1v) is 12.3. The second kappa shape index (κ2) is 9.39. The zero-order chi connectivity index (χ0) is 22.1. The normalized spacial score (nSPS) is 23.3. The van der Waals surface area contributed by atoms with E-state index in [2.05, 4.69) is 50.8 Å². The van der Waals surface area contributed by atoms with Gasteiger partial charge < -0.3 is 9.64 Å². The van der Waals surface area contributed by atoms with Crippen LogP contribution in [0.4, 0.5) is 0 Å². The topological polar surface area (TPSA) is 45.7 Å². The number of likely N-dealkylation sites (tertiary alicyclic amines) is 1. The van der Waals surface area contributed by atoms with E-state index >= 15 is 0 Å². The zero-order valence-electron chi connectivity index (χ0n) is 19.5. The second-order valence-corrected chi connectivity index (χ2v) is 10.5. The van der Waals surface area contributed by atoms with Crippen LogP contribution in [0.2, 0.25) is 0 Å². The third-order valence-electron chi connectivity index (χ3n) is 6.52. The molecule has 168 valence electrons. The Bertz CT molecular complexity index is 923. The van der Waals surface area contributed by atoms with Crippen molar-refractivity contribution < 1.29 is 9.53 Å². The van der Waals surface area contributed by atoms with Crippen molar-refractivity contribution in [2.45, 2.75) is 59.7 Å². The van der Waals surface area contributed by atoms with Crippen LogP contribution in [0.25, 0.3) is 10.6 Å². The Morgan fingerprint density at radius 2 is 1.81 bits per heavy atom. The number of aryl methyl sites for hydroxylation is 3. The number of hydrogen-bond donors (Lipinski definition) is 0. The maximum absolute atomic E-state index is 13.3. The third-order valence-corrected chi connectivity index (χ3v) is 7.70. The quantitative estimate of drug-likeness (QED) is 0.690. The summed E-state index contributed by atoms with van der Waals surface area (Å²) in [7, 11) is 0. The van der Waals surface area contributed by atoms with E-state index in [1.165, 1.54) is 22.5 Å². The van der Waals surface area contributed by atoms with Crippen LogP contribution in [0.15, 0.2) is 18.2 Å². The number of carbonyl (C=O) groups excluding carboxylic acids is 1. The number of piperidine rings is 1. The number of carbonyl (C=O) groups is 1. The number of amides is 1. The Balaban J connectivity index is 1.37. The standard InChI is InChI=1S/C25H35N3O2S/c1-16-6-7-22(17(2)12-16)24-26-20(5)23(31-24)25(29)28-10-8-21(9-11-28)15-27-13-18(3)30-19(4)14-27/h6-7,12,18-19,21H,8-11,13-15H2,1-5H3. The first-order chi connectivity index (χ1) is 14.8. The Hall–Kier alpha value is -1.76. The van der Waals surface area contributed by atoms with Gasteiger partial charge in [0.1, 0.15) is 9.88 Å². The monoisotopic (exact) mass is 441 g/mol. The molecule has 6 heteroatoms. The van der Waals surface area contributed by atoms with E-state index in [9.17, 15) is 4.79 Å². The van der Waals surface area contributed by atoms with Crippen molar-refractivity contribution in [3.05, 3.63) is 39.9 Å². The van der Waals surface area contributed by atoms with Crippen LogP contribution >= 0.6 is 11.3 Å². The molecule has 0 saturated carbocycles. The Morgan fingerprint density at radius 3 is 2.45 bits per heavy atom. The first kappa shape index (κ1) is 22.4. The summed E-state index contributed by atoms with van der Waals surface area (Å²) >= 11 is 1.54. The minimum absolute atomic E-state index is 0.151. The van der Waals surface area contributed by atoms with E-state index in [0.29, 0.717) is 18.1 Å². The number of hydrogen-bond acceptors (Lipinski definition) is 5. The van der Waals surface area contributed by atoms with Crippen LogP contribution in [0, 0.1) is 26.7 Å². The average molecular weight is 442 g/mol. The summed E-state index contributed by atoms with van der Waals surface area (Å²) in [4.78, 5) is 23.4. The van der Waals surface area contributed by atoms with Gasteiger partial charge in [-0.2, -0.15) is 0 Å². The van der Waals surface area contributed by atoms with Crippen LogP contribution in [0.3, 0.4) is 0 Å². The molecule has 0 aliphatic carbocycles. The van der Waals surface area contributed by atoms with Crippen LogP contribution < -0.4 is 0 Å². The Morgan fingerprint density at radius 1 is 1.13 bits per heavy atom. The smallest absolute Gasteiger partial charge is 0.265 e. The maximum Gasteiger partial charge on any atom is 0.265 e. The fourth-order valence-corrected chi connectivity index (χ4v) is 6.15. The minimum atomic E-state index is 0.151.